The van der Waals surface area contributed by atoms with Gasteiger partial charge < -0.3 is 20.0 Å². The number of carbonyl (C=O) groups excluding carboxylic acids is 1. The maximum Gasteiger partial charge on any atom is 0.329 e. The first-order valence-corrected chi connectivity index (χ1v) is 7.90. The standard InChI is InChI=1S/C15H26N2O4/c1-3-15(13(19)20)9-6-10-17(15)14(21)16(2)11-7-4-5-8-12(11)18/h11-12,18H,3-10H2,1-2H3,(H,19,20). The van der Waals surface area contributed by atoms with Crippen molar-refractivity contribution in [2.24, 2.45) is 0 Å². The highest BCUT2D eigenvalue weighted by molar-refractivity contribution is 5.87. The molecule has 0 aromatic rings. The first-order valence-electron chi connectivity index (χ1n) is 7.90. The van der Waals surface area contributed by atoms with E-state index in [0.717, 1.165) is 19.3 Å². The van der Waals surface area contributed by atoms with Crippen LogP contribution in [0.5, 0.6) is 0 Å². The number of aliphatic carboxylic acids is 1. The van der Waals surface area contributed by atoms with Crippen molar-refractivity contribution in [3.8, 4) is 0 Å². The van der Waals surface area contributed by atoms with Gasteiger partial charge in [0.25, 0.3) is 0 Å². The van der Waals surface area contributed by atoms with Gasteiger partial charge in [-0.2, -0.15) is 0 Å². The molecule has 2 rings (SSSR count). The van der Waals surface area contributed by atoms with Gasteiger partial charge in [-0.1, -0.05) is 19.8 Å². The number of amides is 2. The van der Waals surface area contributed by atoms with E-state index < -0.39 is 17.6 Å². The monoisotopic (exact) mass is 298 g/mol. The molecule has 1 aliphatic carbocycles. The van der Waals surface area contributed by atoms with E-state index in [1.165, 1.54) is 4.90 Å². The number of hydrogen-bond acceptors (Lipinski definition) is 3. The summed E-state index contributed by atoms with van der Waals surface area (Å²) in [6, 6.07) is -0.460. The minimum Gasteiger partial charge on any atom is -0.479 e. The van der Waals surface area contributed by atoms with E-state index in [-0.39, 0.29) is 12.1 Å². The highest BCUT2D eigenvalue weighted by Crippen LogP contribution is 2.34. The van der Waals surface area contributed by atoms with Crippen LogP contribution in [-0.2, 0) is 4.79 Å². The van der Waals surface area contributed by atoms with Crippen LogP contribution in [0.3, 0.4) is 0 Å². The summed E-state index contributed by atoms with van der Waals surface area (Å²) in [4.78, 5) is 27.5. The molecule has 3 atom stereocenters. The number of urea groups is 1. The number of rotatable bonds is 3. The molecule has 2 amide bonds. The molecule has 1 aliphatic heterocycles. The lowest BCUT2D eigenvalue weighted by Gasteiger charge is -2.41. The predicted molar refractivity (Wildman–Crippen MR) is 78.0 cm³/mol. The Morgan fingerprint density at radius 2 is 1.95 bits per heavy atom. The van der Waals surface area contributed by atoms with Crippen LogP contribution < -0.4 is 0 Å². The molecular formula is C15H26N2O4. The molecule has 1 saturated heterocycles. The zero-order valence-electron chi connectivity index (χ0n) is 12.9. The van der Waals surface area contributed by atoms with Crippen molar-refractivity contribution < 1.29 is 19.8 Å². The number of likely N-dealkylation sites (tertiary alicyclic amines) is 1. The fraction of sp³-hybridized carbons (Fsp3) is 0.867. The number of hydrogen-bond donors (Lipinski definition) is 2. The number of aliphatic hydroxyl groups excluding tert-OH is 1. The third-order valence-electron chi connectivity index (χ3n) is 5.20. The Labute approximate surface area is 125 Å². The van der Waals surface area contributed by atoms with Crippen molar-refractivity contribution in [2.45, 2.75) is 69.6 Å². The normalized spacial score (nSPS) is 33.0. The van der Waals surface area contributed by atoms with E-state index in [2.05, 4.69) is 0 Å². The minimum atomic E-state index is -1.08. The van der Waals surface area contributed by atoms with Gasteiger partial charge in [0.15, 0.2) is 0 Å². The first-order chi connectivity index (χ1) is 9.94. The molecule has 0 spiro atoms. The van der Waals surface area contributed by atoms with E-state index in [0.29, 0.717) is 32.2 Å². The molecular weight excluding hydrogens is 272 g/mol. The Morgan fingerprint density at radius 1 is 1.29 bits per heavy atom. The van der Waals surface area contributed by atoms with Gasteiger partial charge in [0.05, 0.1) is 12.1 Å². The highest BCUT2D eigenvalue weighted by atomic mass is 16.4. The number of carboxylic acids is 1. The van der Waals surface area contributed by atoms with Crippen LogP contribution in [0.2, 0.25) is 0 Å². The summed E-state index contributed by atoms with van der Waals surface area (Å²) in [5.41, 5.74) is -1.08. The molecule has 0 bridgehead atoms. The fourth-order valence-electron chi connectivity index (χ4n) is 3.77. The van der Waals surface area contributed by atoms with Crippen LogP contribution in [0, 0.1) is 0 Å². The fourth-order valence-corrected chi connectivity index (χ4v) is 3.77. The van der Waals surface area contributed by atoms with Gasteiger partial charge in [-0.05, 0) is 32.1 Å². The summed E-state index contributed by atoms with van der Waals surface area (Å²) in [6.45, 7) is 2.29. The van der Waals surface area contributed by atoms with Gasteiger partial charge in [0.2, 0.25) is 0 Å². The van der Waals surface area contributed by atoms with E-state index >= 15 is 0 Å². The van der Waals surface area contributed by atoms with E-state index in [1.807, 2.05) is 6.92 Å². The van der Waals surface area contributed by atoms with Crippen LogP contribution in [0.15, 0.2) is 0 Å². The third-order valence-corrected chi connectivity index (χ3v) is 5.20. The van der Waals surface area contributed by atoms with Crippen LogP contribution in [0.25, 0.3) is 0 Å². The van der Waals surface area contributed by atoms with Crippen molar-refractivity contribution in [2.75, 3.05) is 13.6 Å². The van der Waals surface area contributed by atoms with Crippen LogP contribution in [-0.4, -0.2) is 63.3 Å². The van der Waals surface area contributed by atoms with Gasteiger partial charge >= 0.3 is 12.0 Å². The second-order valence-electron chi connectivity index (χ2n) is 6.26. The van der Waals surface area contributed by atoms with Gasteiger partial charge in [0, 0.05) is 13.6 Å². The summed E-state index contributed by atoms with van der Waals surface area (Å²) in [5.74, 6) is -0.923. The molecule has 1 heterocycles. The quantitative estimate of drug-likeness (QED) is 0.830. The number of carboxylic acid groups (broad SMARTS) is 1. The summed E-state index contributed by atoms with van der Waals surface area (Å²) in [7, 11) is 1.68. The third kappa shape index (κ3) is 2.73. The van der Waals surface area contributed by atoms with Crippen molar-refractivity contribution in [1.82, 2.24) is 9.80 Å². The molecule has 6 heteroatoms. The molecule has 0 aromatic carbocycles. The Morgan fingerprint density at radius 3 is 2.52 bits per heavy atom. The average Bonchev–Trinajstić information content (AvgIpc) is 2.91. The minimum absolute atomic E-state index is 0.199. The lowest BCUT2D eigenvalue weighted by Crippen LogP contribution is -2.59. The molecule has 2 aliphatic rings. The number of aliphatic hydroxyl groups is 1. The molecule has 120 valence electrons. The molecule has 3 unspecified atom stereocenters. The van der Waals surface area contributed by atoms with Gasteiger partial charge in [-0.25, -0.2) is 9.59 Å². The Kier molecular flexibility index (Phi) is 4.76. The van der Waals surface area contributed by atoms with Crippen molar-refractivity contribution >= 4 is 12.0 Å². The molecule has 6 nitrogen and oxygen atoms in total. The van der Waals surface area contributed by atoms with Crippen LogP contribution in [0.1, 0.15) is 51.9 Å². The van der Waals surface area contributed by atoms with Crippen LogP contribution >= 0.6 is 0 Å². The zero-order valence-corrected chi connectivity index (χ0v) is 12.9. The molecule has 2 fully saturated rings. The van der Waals surface area contributed by atoms with E-state index in [4.69, 9.17) is 0 Å². The van der Waals surface area contributed by atoms with E-state index in [9.17, 15) is 19.8 Å². The molecule has 2 N–H and O–H groups in total. The predicted octanol–water partition coefficient (Wildman–Crippen LogP) is 1.67. The smallest absolute Gasteiger partial charge is 0.329 e. The van der Waals surface area contributed by atoms with Gasteiger partial charge in [0.1, 0.15) is 5.54 Å². The average molecular weight is 298 g/mol. The lowest BCUT2D eigenvalue weighted by atomic mass is 9.91. The number of likely N-dealkylation sites (N-methyl/N-ethyl adjacent to an activating group) is 1. The largest absolute Gasteiger partial charge is 0.479 e. The molecule has 1 saturated carbocycles. The summed E-state index contributed by atoms with van der Waals surface area (Å²) in [5, 5.41) is 19.7. The molecule has 0 aromatic heterocycles. The summed E-state index contributed by atoms with van der Waals surface area (Å²) in [6.07, 6.45) is 4.60. The SMILES string of the molecule is CCC1(C(=O)O)CCCN1C(=O)N(C)C1CCCCC1O. The maximum absolute atomic E-state index is 12.7. The lowest BCUT2D eigenvalue weighted by molar-refractivity contribution is -0.148. The van der Waals surface area contributed by atoms with E-state index in [1.54, 1.807) is 11.9 Å². The maximum atomic E-state index is 12.7. The van der Waals surface area contributed by atoms with Crippen molar-refractivity contribution in [3.05, 3.63) is 0 Å². The second kappa shape index (κ2) is 6.22. The number of carbonyl (C=O) groups is 2. The van der Waals surface area contributed by atoms with Crippen LogP contribution in [0.4, 0.5) is 4.79 Å². The zero-order chi connectivity index (χ0) is 15.6. The Hall–Kier alpha value is -1.30. The number of nitrogens with zero attached hydrogens (tertiary/aromatic N) is 2. The Balaban J connectivity index is 2.16. The topological polar surface area (TPSA) is 81.1 Å². The first kappa shape index (κ1) is 16.1. The highest BCUT2D eigenvalue weighted by Gasteiger charge is 2.50. The Bertz CT molecular complexity index is 414. The molecule has 0 radical (unpaired) electrons. The van der Waals surface area contributed by atoms with Crippen molar-refractivity contribution in [1.29, 1.82) is 0 Å². The van der Waals surface area contributed by atoms with Gasteiger partial charge in [-0.3, -0.25) is 0 Å². The second-order valence-corrected chi connectivity index (χ2v) is 6.26. The summed E-state index contributed by atoms with van der Waals surface area (Å²) < 4.78 is 0. The van der Waals surface area contributed by atoms with Crippen molar-refractivity contribution in [3.63, 3.8) is 0 Å². The molecule has 21 heavy (non-hydrogen) atoms. The summed E-state index contributed by atoms with van der Waals surface area (Å²) >= 11 is 0. The van der Waals surface area contributed by atoms with Gasteiger partial charge in [-0.15, -0.1) is 0 Å².